The number of carbonyl (C=O) groups is 3. The van der Waals surface area contributed by atoms with E-state index in [1.54, 1.807) is 46.4 Å². The Kier molecular flexibility index (Phi) is 7.06. The zero-order chi connectivity index (χ0) is 27.1. The van der Waals surface area contributed by atoms with Gasteiger partial charge < -0.3 is 18.8 Å². The highest BCUT2D eigenvalue weighted by molar-refractivity contribution is 6.01. The predicted octanol–water partition coefficient (Wildman–Crippen LogP) is 3.05. The van der Waals surface area contributed by atoms with Crippen molar-refractivity contribution >= 4 is 24.2 Å². The first-order chi connectivity index (χ1) is 17.2. The molecule has 4 amide bonds. The van der Waals surface area contributed by atoms with Gasteiger partial charge in [0.1, 0.15) is 17.2 Å². The average Bonchev–Trinajstić information content (AvgIpc) is 3.28. The number of ether oxygens (including phenoxy) is 2. The van der Waals surface area contributed by atoms with E-state index in [2.05, 4.69) is 25.8 Å². The lowest BCUT2D eigenvalue weighted by Gasteiger charge is -2.31. The third-order valence-corrected chi connectivity index (χ3v) is 6.10. The van der Waals surface area contributed by atoms with Crippen molar-refractivity contribution in [1.82, 2.24) is 30.8 Å². The molecule has 3 heterocycles. The maximum Gasteiger partial charge on any atom is 0.414 e. The Morgan fingerprint density at radius 3 is 2.14 bits per heavy atom. The molecular formula is C23H35N7O7. The van der Waals surface area contributed by atoms with Gasteiger partial charge in [-0.2, -0.15) is 0 Å². The lowest BCUT2D eigenvalue weighted by Crippen LogP contribution is -2.48. The van der Waals surface area contributed by atoms with Gasteiger partial charge in [-0.1, -0.05) is 0 Å². The number of guanidine groups is 1. The Bertz CT molecular complexity index is 1040. The van der Waals surface area contributed by atoms with E-state index in [4.69, 9.17) is 13.9 Å². The monoisotopic (exact) mass is 521 g/mol. The lowest BCUT2D eigenvalue weighted by atomic mass is 9.80. The van der Waals surface area contributed by atoms with Crippen LogP contribution in [0.15, 0.2) is 9.41 Å². The van der Waals surface area contributed by atoms with Gasteiger partial charge in [0.25, 0.3) is 0 Å². The molecule has 0 aromatic carbocycles. The zero-order valence-corrected chi connectivity index (χ0v) is 22.0. The minimum atomic E-state index is -0.757. The molecule has 2 unspecified atom stereocenters. The van der Waals surface area contributed by atoms with Gasteiger partial charge in [0, 0.05) is 12.5 Å². The lowest BCUT2D eigenvalue weighted by molar-refractivity contribution is -0.0584. The summed E-state index contributed by atoms with van der Waals surface area (Å²) in [5.41, 5.74) is -1.46. The molecule has 2 atom stereocenters. The Morgan fingerprint density at radius 1 is 1.00 bits per heavy atom. The van der Waals surface area contributed by atoms with Gasteiger partial charge in [-0.25, -0.2) is 24.4 Å². The van der Waals surface area contributed by atoms with Crippen molar-refractivity contribution in [3.63, 3.8) is 0 Å². The topological polar surface area (TPSA) is 172 Å². The van der Waals surface area contributed by atoms with Crippen molar-refractivity contribution < 1.29 is 33.5 Å². The number of nitrogens with zero attached hydrogens (tertiary/aromatic N) is 5. The van der Waals surface area contributed by atoms with Gasteiger partial charge >= 0.3 is 18.2 Å². The first kappa shape index (κ1) is 26.6. The quantitative estimate of drug-likeness (QED) is 0.307. The molecule has 3 aliphatic rings. The molecule has 2 bridgehead atoms. The summed E-state index contributed by atoms with van der Waals surface area (Å²) in [4.78, 5) is 42.8. The molecule has 0 radical (unpaired) electrons. The summed E-state index contributed by atoms with van der Waals surface area (Å²) in [6, 6.07) is -1.24. The molecule has 1 aliphatic carbocycles. The van der Waals surface area contributed by atoms with Gasteiger partial charge in [0.2, 0.25) is 17.7 Å². The summed E-state index contributed by atoms with van der Waals surface area (Å²) >= 11 is 0. The predicted molar refractivity (Wildman–Crippen MR) is 128 cm³/mol. The van der Waals surface area contributed by atoms with E-state index < -0.39 is 29.4 Å². The van der Waals surface area contributed by atoms with Crippen molar-refractivity contribution in [2.24, 2.45) is 4.99 Å². The number of hydrogen-bond donors (Lipinski definition) is 3. The third-order valence-electron chi connectivity index (χ3n) is 6.10. The molecule has 37 heavy (non-hydrogen) atoms. The Morgan fingerprint density at radius 2 is 1.57 bits per heavy atom. The smallest absolute Gasteiger partial charge is 0.414 e. The number of hydroxylamine groups is 2. The molecule has 3 fully saturated rings. The number of aliphatic imine (C=N–C) groups is 1. The number of hydrogen-bond acceptors (Lipinski definition) is 10. The van der Waals surface area contributed by atoms with Crippen molar-refractivity contribution in [2.75, 3.05) is 6.54 Å². The number of nitrogens with one attached hydrogen (secondary N) is 2. The second kappa shape index (κ2) is 9.80. The van der Waals surface area contributed by atoms with E-state index in [9.17, 15) is 19.6 Å². The summed E-state index contributed by atoms with van der Waals surface area (Å²) in [5.74, 6) is 0.663. The normalized spacial score (nSPS) is 25.3. The Balaban J connectivity index is 1.38. The first-order valence-corrected chi connectivity index (χ1v) is 12.4. The van der Waals surface area contributed by atoms with E-state index in [0.717, 1.165) is 5.06 Å². The Labute approximate surface area is 214 Å². The highest BCUT2D eigenvalue weighted by Gasteiger charge is 2.47. The van der Waals surface area contributed by atoms with Gasteiger partial charge in [-0.15, -0.1) is 10.2 Å². The molecule has 14 heteroatoms. The maximum absolute atomic E-state index is 12.3. The maximum atomic E-state index is 12.3. The van der Waals surface area contributed by atoms with Crippen molar-refractivity contribution in [2.45, 2.75) is 102 Å². The standard InChI is InChI=1S/C23H35N7O7/c1-22(2,3)36-19(31)25-18(26-20(32)37-23(4,5)6)24-13-9-12(10-13)16-27-28-17(35-16)15-8-7-14-11-29(15)21(33)30(14)34/h12-15,34H,7-11H2,1-6H3,(H2,24,25,26,31,32). The second-order valence-corrected chi connectivity index (χ2v) is 11.6. The molecule has 204 valence electrons. The van der Waals surface area contributed by atoms with E-state index in [1.165, 1.54) is 0 Å². The number of alkyl carbamates (subject to hydrolysis) is 2. The largest absolute Gasteiger partial charge is 0.444 e. The fraction of sp³-hybridized carbons (Fsp3) is 0.739. The number of amides is 4. The number of rotatable bonds is 3. The summed E-state index contributed by atoms with van der Waals surface area (Å²) < 4.78 is 16.4. The van der Waals surface area contributed by atoms with Crippen LogP contribution in [-0.4, -0.2) is 79.4 Å². The number of piperidine rings is 1. The summed E-state index contributed by atoms with van der Waals surface area (Å²) in [5, 5.41) is 24.0. The van der Waals surface area contributed by atoms with Crippen LogP contribution in [0.5, 0.6) is 0 Å². The fourth-order valence-electron chi connectivity index (χ4n) is 4.43. The number of urea groups is 1. The first-order valence-electron chi connectivity index (χ1n) is 12.4. The molecule has 2 aliphatic heterocycles. The van der Waals surface area contributed by atoms with E-state index in [1.807, 2.05) is 0 Å². The van der Waals surface area contributed by atoms with Crippen LogP contribution in [0.4, 0.5) is 14.4 Å². The van der Waals surface area contributed by atoms with Crippen LogP contribution in [0.25, 0.3) is 0 Å². The molecule has 2 saturated heterocycles. The van der Waals surface area contributed by atoms with Crippen LogP contribution >= 0.6 is 0 Å². The number of aromatic nitrogens is 2. The van der Waals surface area contributed by atoms with Crippen molar-refractivity contribution in [3.8, 4) is 0 Å². The zero-order valence-electron chi connectivity index (χ0n) is 22.0. The van der Waals surface area contributed by atoms with Gasteiger partial charge in [-0.05, 0) is 67.2 Å². The Hall–Kier alpha value is -3.42. The molecule has 4 rings (SSSR count). The molecule has 1 aromatic rings. The van der Waals surface area contributed by atoms with E-state index in [-0.39, 0.29) is 30.0 Å². The molecule has 1 saturated carbocycles. The minimum Gasteiger partial charge on any atom is -0.444 e. The van der Waals surface area contributed by atoms with E-state index >= 15 is 0 Å². The van der Waals surface area contributed by atoms with E-state index in [0.29, 0.717) is 44.0 Å². The number of carbonyl (C=O) groups excluding carboxylic acids is 3. The number of fused-ring (bicyclic) bond motifs is 2. The molecule has 3 N–H and O–H groups in total. The molecule has 0 spiro atoms. The van der Waals surface area contributed by atoms with Gasteiger partial charge in [0.05, 0.1) is 12.1 Å². The summed E-state index contributed by atoms with van der Waals surface area (Å²) in [6.45, 7) is 10.8. The molecule has 1 aromatic heterocycles. The highest BCUT2D eigenvalue weighted by atomic mass is 16.6. The van der Waals surface area contributed by atoms with Gasteiger partial charge in [0.15, 0.2) is 0 Å². The molecular weight excluding hydrogens is 486 g/mol. The summed E-state index contributed by atoms with van der Waals surface area (Å²) in [6.07, 6.45) is 0.871. The summed E-state index contributed by atoms with van der Waals surface area (Å²) in [7, 11) is 0. The van der Waals surface area contributed by atoms with Crippen LogP contribution in [0.1, 0.15) is 91.0 Å². The van der Waals surface area contributed by atoms with Crippen LogP contribution in [0.3, 0.4) is 0 Å². The third kappa shape index (κ3) is 6.48. The SMILES string of the molecule is CC(C)(C)OC(=O)NC(=NC1CC(c2nnc(C3CCC4CN3C(=O)N4O)o2)C1)NC(=O)OC(C)(C)C. The fourth-order valence-corrected chi connectivity index (χ4v) is 4.43. The molecule has 14 nitrogen and oxygen atoms in total. The van der Waals surface area contributed by atoms with Gasteiger partial charge in [-0.3, -0.25) is 15.8 Å². The highest BCUT2D eigenvalue weighted by Crippen LogP contribution is 2.41. The minimum absolute atomic E-state index is 0.0562. The average molecular weight is 522 g/mol. The van der Waals surface area contributed by atoms with Crippen molar-refractivity contribution in [1.29, 1.82) is 0 Å². The van der Waals surface area contributed by atoms with Crippen LogP contribution < -0.4 is 10.6 Å². The van der Waals surface area contributed by atoms with Crippen LogP contribution in [0.2, 0.25) is 0 Å². The van der Waals surface area contributed by atoms with Crippen molar-refractivity contribution in [3.05, 3.63) is 11.8 Å². The van der Waals surface area contributed by atoms with Crippen LogP contribution in [0, 0.1) is 0 Å². The van der Waals surface area contributed by atoms with Crippen LogP contribution in [-0.2, 0) is 9.47 Å². The second-order valence-electron chi connectivity index (χ2n) is 11.6.